The third-order valence-corrected chi connectivity index (χ3v) is 7.07. The van der Waals surface area contributed by atoms with Crippen molar-refractivity contribution in [2.24, 2.45) is 0 Å². The average Bonchev–Trinajstić information content (AvgIpc) is 3.41. The van der Waals surface area contributed by atoms with Crippen LogP contribution < -0.4 is 9.64 Å². The summed E-state index contributed by atoms with van der Waals surface area (Å²) < 4.78 is 6.75. The van der Waals surface area contributed by atoms with Crippen LogP contribution in [-0.4, -0.2) is 33.4 Å². The highest BCUT2D eigenvalue weighted by atomic mass is 32.1. The molecule has 0 radical (unpaired) electrons. The van der Waals surface area contributed by atoms with Crippen molar-refractivity contribution in [1.82, 2.24) is 9.97 Å². The van der Waals surface area contributed by atoms with Crippen LogP contribution in [0.1, 0.15) is 41.6 Å². The van der Waals surface area contributed by atoms with E-state index >= 15 is 0 Å². The molecular formula is C28H25N3O4S. The van der Waals surface area contributed by atoms with Crippen molar-refractivity contribution in [2.45, 2.75) is 33.2 Å². The van der Waals surface area contributed by atoms with Gasteiger partial charge in [-0.15, -0.1) is 0 Å². The van der Waals surface area contributed by atoms with Crippen molar-refractivity contribution in [1.29, 1.82) is 0 Å². The van der Waals surface area contributed by atoms with Gasteiger partial charge in [0.05, 0.1) is 28.4 Å². The number of Topliss-reactive ketones (excluding diaryl/α,β-unsaturated/α-hetero) is 1. The fraction of sp³-hybridized carbons (Fsp3) is 0.214. The smallest absolute Gasteiger partial charge is 0.301 e. The first-order chi connectivity index (χ1) is 17.4. The van der Waals surface area contributed by atoms with Crippen LogP contribution in [0.25, 0.3) is 16.0 Å². The lowest BCUT2D eigenvalue weighted by atomic mass is 9.95. The normalized spacial score (nSPS) is 17.2. The van der Waals surface area contributed by atoms with Crippen molar-refractivity contribution < 1.29 is 19.4 Å². The van der Waals surface area contributed by atoms with E-state index in [1.807, 2.05) is 57.2 Å². The van der Waals surface area contributed by atoms with E-state index in [4.69, 9.17) is 9.72 Å². The molecule has 7 nitrogen and oxygen atoms in total. The number of amides is 1. The number of carbonyl (C=O) groups is 2. The Labute approximate surface area is 212 Å². The topological polar surface area (TPSA) is 92.6 Å². The minimum absolute atomic E-state index is 0.00556. The zero-order chi connectivity index (χ0) is 25.4. The molecule has 1 fully saturated rings. The molecule has 1 aliphatic heterocycles. The Bertz CT molecular complexity index is 1510. The second-order valence-electron chi connectivity index (χ2n) is 8.75. The zero-order valence-electron chi connectivity index (χ0n) is 20.2. The molecule has 1 atom stereocenters. The third-order valence-electron chi connectivity index (χ3n) is 6.07. The predicted molar refractivity (Wildman–Crippen MR) is 140 cm³/mol. The number of nitrogens with zero attached hydrogens (tertiary/aromatic N) is 3. The molecule has 1 saturated heterocycles. The van der Waals surface area contributed by atoms with Crippen molar-refractivity contribution in [3.63, 3.8) is 0 Å². The van der Waals surface area contributed by atoms with Gasteiger partial charge in [0.1, 0.15) is 11.5 Å². The van der Waals surface area contributed by atoms with Gasteiger partial charge in [-0.05, 0) is 67.3 Å². The molecule has 5 rings (SSSR count). The van der Waals surface area contributed by atoms with Gasteiger partial charge >= 0.3 is 5.91 Å². The standard InChI is InChI=1S/C28H25N3O4S/c1-4-12-35-20-7-5-6-19(15-20)24-22(25(32)18-8-10-29-11-9-18)26(33)27(34)31(24)28-30-23-17(3)13-16(2)14-21(23)36-28/h5-11,13-15,24,32H,4,12H2,1-3H3. The maximum absolute atomic E-state index is 13.5. The monoisotopic (exact) mass is 499 g/mol. The first-order valence-electron chi connectivity index (χ1n) is 11.7. The number of aliphatic hydroxyl groups is 1. The van der Waals surface area contributed by atoms with Crippen molar-refractivity contribution in [3.8, 4) is 5.75 Å². The molecule has 3 heterocycles. The number of hydrogen-bond donors (Lipinski definition) is 1. The number of aliphatic hydroxyl groups excluding tert-OH is 1. The second-order valence-corrected chi connectivity index (χ2v) is 9.76. The number of aryl methyl sites for hydroxylation is 2. The minimum atomic E-state index is -0.870. The molecule has 8 heteroatoms. The Morgan fingerprint density at radius 2 is 1.89 bits per heavy atom. The molecule has 0 bridgehead atoms. The number of thiazole rings is 1. The lowest BCUT2D eigenvalue weighted by molar-refractivity contribution is -0.132. The van der Waals surface area contributed by atoms with E-state index < -0.39 is 17.7 Å². The number of rotatable bonds is 6. The number of aromatic nitrogens is 2. The van der Waals surface area contributed by atoms with E-state index in [9.17, 15) is 14.7 Å². The Hall–Kier alpha value is -4.04. The summed E-state index contributed by atoms with van der Waals surface area (Å²) in [4.78, 5) is 37.0. The van der Waals surface area contributed by atoms with Gasteiger partial charge in [0, 0.05) is 18.0 Å². The van der Waals surface area contributed by atoms with E-state index in [0.717, 1.165) is 27.8 Å². The first kappa shape index (κ1) is 23.7. The Kier molecular flexibility index (Phi) is 6.28. The van der Waals surface area contributed by atoms with Crippen LogP contribution in [0.15, 0.2) is 66.5 Å². The van der Waals surface area contributed by atoms with Crippen molar-refractivity contribution >= 4 is 44.1 Å². The number of ketones is 1. The lowest BCUT2D eigenvalue weighted by Gasteiger charge is -2.23. The first-order valence-corrected chi connectivity index (χ1v) is 12.5. The summed E-state index contributed by atoms with van der Waals surface area (Å²) in [7, 11) is 0. The fourth-order valence-electron chi connectivity index (χ4n) is 4.47. The Morgan fingerprint density at radius 1 is 1.11 bits per heavy atom. The SMILES string of the molecule is CCCOc1cccc(C2C(=C(O)c3ccncc3)C(=O)C(=O)N2c2nc3c(C)cc(C)cc3s2)c1. The highest BCUT2D eigenvalue weighted by Crippen LogP contribution is 2.45. The number of fused-ring (bicyclic) bond motifs is 1. The average molecular weight is 500 g/mol. The zero-order valence-corrected chi connectivity index (χ0v) is 21.0. The maximum atomic E-state index is 13.5. The molecule has 1 unspecified atom stereocenters. The van der Waals surface area contributed by atoms with Gasteiger partial charge in [-0.2, -0.15) is 0 Å². The van der Waals surface area contributed by atoms with E-state index in [2.05, 4.69) is 4.98 Å². The summed E-state index contributed by atoms with van der Waals surface area (Å²) in [6.45, 7) is 6.54. The van der Waals surface area contributed by atoms with E-state index in [0.29, 0.717) is 28.6 Å². The summed E-state index contributed by atoms with van der Waals surface area (Å²) in [6.07, 6.45) is 3.89. The van der Waals surface area contributed by atoms with Gasteiger partial charge in [-0.1, -0.05) is 36.5 Å². The van der Waals surface area contributed by atoms with E-state index in [1.165, 1.54) is 28.6 Å². The van der Waals surface area contributed by atoms with Gasteiger partial charge < -0.3 is 9.84 Å². The number of ether oxygens (including phenoxy) is 1. The minimum Gasteiger partial charge on any atom is -0.507 e. The van der Waals surface area contributed by atoms with Gasteiger partial charge in [0.2, 0.25) is 0 Å². The van der Waals surface area contributed by atoms with Crippen molar-refractivity contribution in [2.75, 3.05) is 11.5 Å². The molecule has 4 aromatic rings. The number of pyridine rings is 1. The molecule has 2 aromatic heterocycles. The third kappa shape index (κ3) is 4.13. The Balaban J connectivity index is 1.72. The largest absolute Gasteiger partial charge is 0.507 e. The molecule has 1 aliphatic rings. The summed E-state index contributed by atoms with van der Waals surface area (Å²) in [5, 5.41) is 11.6. The number of carbonyl (C=O) groups excluding carboxylic acids is 2. The molecule has 36 heavy (non-hydrogen) atoms. The fourth-order valence-corrected chi connectivity index (χ4v) is 5.64. The van der Waals surface area contributed by atoms with Crippen LogP contribution in [-0.2, 0) is 9.59 Å². The molecule has 182 valence electrons. The molecule has 0 spiro atoms. The highest BCUT2D eigenvalue weighted by Gasteiger charge is 2.48. The highest BCUT2D eigenvalue weighted by molar-refractivity contribution is 7.22. The summed E-state index contributed by atoms with van der Waals surface area (Å²) >= 11 is 1.35. The summed E-state index contributed by atoms with van der Waals surface area (Å²) in [5.41, 5.74) is 3.92. The molecular weight excluding hydrogens is 474 g/mol. The lowest BCUT2D eigenvalue weighted by Crippen LogP contribution is -2.29. The van der Waals surface area contributed by atoms with Crippen LogP contribution in [0, 0.1) is 13.8 Å². The van der Waals surface area contributed by atoms with E-state index in [-0.39, 0.29) is 11.3 Å². The molecule has 1 amide bonds. The molecule has 2 aromatic carbocycles. The van der Waals surface area contributed by atoms with Gasteiger partial charge in [-0.3, -0.25) is 19.5 Å². The van der Waals surface area contributed by atoms with Gasteiger partial charge in [-0.25, -0.2) is 4.98 Å². The van der Waals surface area contributed by atoms with Crippen molar-refractivity contribution in [3.05, 3.63) is 88.8 Å². The molecule has 0 saturated carbocycles. The maximum Gasteiger partial charge on any atom is 0.301 e. The van der Waals surface area contributed by atoms with Crippen LogP contribution >= 0.6 is 11.3 Å². The van der Waals surface area contributed by atoms with Crippen LogP contribution in [0.4, 0.5) is 5.13 Å². The van der Waals surface area contributed by atoms with Gasteiger partial charge in [0.25, 0.3) is 5.78 Å². The number of anilines is 1. The Morgan fingerprint density at radius 3 is 2.64 bits per heavy atom. The number of hydrogen-bond acceptors (Lipinski definition) is 7. The van der Waals surface area contributed by atoms with Crippen LogP contribution in [0.2, 0.25) is 0 Å². The predicted octanol–water partition coefficient (Wildman–Crippen LogP) is 5.72. The molecule has 1 N–H and O–H groups in total. The van der Waals surface area contributed by atoms with Crippen LogP contribution in [0.5, 0.6) is 5.75 Å². The quantitative estimate of drug-likeness (QED) is 0.207. The second kappa shape index (κ2) is 9.54. The number of benzene rings is 2. The molecule has 0 aliphatic carbocycles. The summed E-state index contributed by atoms with van der Waals surface area (Å²) in [5.74, 6) is -1.12. The van der Waals surface area contributed by atoms with E-state index in [1.54, 1.807) is 12.1 Å². The van der Waals surface area contributed by atoms with Crippen LogP contribution in [0.3, 0.4) is 0 Å². The van der Waals surface area contributed by atoms with Gasteiger partial charge in [0.15, 0.2) is 5.13 Å². The summed E-state index contributed by atoms with van der Waals surface area (Å²) in [6, 6.07) is 13.7.